The van der Waals surface area contributed by atoms with Crippen molar-refractivity contribution in [1.82, 2.24) is 9.55 Å². The van der Waals surface area contributed by atoms with Crippen LogP contribution in [0.25, 0.3) is 27.8 Å². The summed E-state index contributed by atoms with van der Waals surface area (Å²) in [6, 6.07) is 20.2. The number of fused-ring (bicyclic) bond motifs is 1. The molecule has 1 fully saturated rings. The number of unbranched alkanes of at least 4 members (excludes halogenated alkanes) is 1. The minimum Gasteiger partial charge on any atom is -0.478 e. The number of carbonyl (C=O) groups is 1. The smallest absolute Gasteiger partial charge is 0.336 e. The van der Waals surface area contributed by atoms with Gasteiger partial charge in [0, 0.05) is 18.7 Å². The van der Waals surface area contributed by atoms with Crippen LogP contribution in [0.15, 0.2) is 60.7 Å². The van der Waals surface area contributed by atoms with Gasteiger partial charge in [0.1, 0.15) is 5.82 Å². The normalized spacial score (nSPS) is 14.1. The van der Waals surface area contributed by atoms with Crippen molar-refractivity contribution in [1.29, 1.82) is 0 Å². The fraction of sp³-hybridized carbons (Fsp3) is 0.412. The molecule has 0 unspecified atom stereocenters. The average Bonchev–Trinajstić information content (AvgIpc) is 3.32. The standard InChI is InChI=1S/C34H41N3O2/c1-3-4-17-32-36-29-20-18-27(35-22-11-14-25-12-7-5-8-13-25)23-31(29)37(32)30-21-19-28(26-15-9-6-10-16-26)33(24(30)2)34(38)39/h6,9-10,15-16,18-21,23,25,35H,3-5,7-8,11-14,17,22H2,1-2H3,(H,38,39). The van der Waals surface area contributed by atoms with Gasteiger partial charge in [0.2, 0.25) is 0 Å². The number of benzene rings is 3. The van der Waals surface area contributed by atoms with Crippen LogP contribution in [0.3, 0.4) is 0 Å². The van der Waals surface area contributed by atoms with Crippen LogP contribution in [0, 0.1) is 12.8 Å². The maximum absolute atomic E-state index is 12.5. The van der Waals surface area contributed by atoms with Gasteiger partial charge in [-0.3, -0.25) is 4.57 Å². The third kappa shape index (κ3) is 6.03. The number of aryl methyl sites for hydroxylation is 1. The molecule has 0 saturated heterocycles. The van der Waals surface area contributed by atoms with Crippen LogP contribution < -0.4 is 5.32 Å². The summed E-state index contributed by atoms with van der Waals surface area (Å²) in [5.41, 5.74) is 6.69. The first-order valence-electron chi connectivity index (χ1n) is 14.7. The van der Waals surface area contributed by atoms with E-state index in [4.69, 9.17) is 4.98 Å². The molecule has 1 aromatic heterocycles. The molecule has 1 saturated carbocycles. The number of nitrogens with one attached hydrogen (secondary N) is 1. The largest absolute Gasteiger partial charge is 0.478 e. The van der Waals surface area contributed by atoms with E-state index < -0.39 is 5.97 Å². The molecule has 0 bridgehead atoms. The SMILES string of the molecule is CCCCc1nc2ccc(NCCCC3CCCCC3)cc2n1-c1ccc(-c2ccccc2)c(C(=O)O)c1C. The predicted octanol–water partition coefficient (Wildman–Crippen LogP) is 8.81. The quantitative estimate of drug-likeness (QED) is 0.193. The number of carboxylic acids is 1. The highest BCUT2D eigenvalue weighted by Crippen LogP contribution is 2.34. The highest BCUT2D eigenvalue weighted by molar-refractivity contribution is 5.99. The van der Waals surface area contributed by atoms with E-state index in [0.717, 1.165) is 76.6 Å². The van der Waals surface area contributed by atoms with Crippen molar-refractivity contribution in [2.24, 2.45) is 5.92 Å². The zero-order valence-corrected chi connectivity index (χ0v) is 23.4. The molecule has 0 amide bonds. The Kier molecular flexibility index (Phi) is 8.65. The van der Waals surface area contributed by atoms with E-state index in [1.54, 1.807) is 0 Å². The Morgan fingerprint density at radius 1 is 1.03 bits per heavy atom. The van der Waals surface area contributed by atoms with Crippen LogP contribution in [0.4, 0.5) is 5.69 Å². The molecule has 0 aliphatic heterocycles. The Bertz CT molecular complexity index is 1420. The molecule has 1 heterocycles. The summed E-state index contributed by atoms with van der Waals surface area (Å²) in [6.07, 6.45) is 12.4. The first-order valence-corrected chi connectivity index (χ1v) is 14.7. The van der Waals surface area contributed by atoms with Crippen molar-refractivity contribution >= 4 is 22.7 Å². The Morgan fingerprint density at radius 2 is 1.82 bits per heavy atom. The number of hydrogen-bond acceptors (Lipinski definition) is 3. The second kappa shape index (κ2) is 12.5. The lowest BCUT2D eigenvalue weighted by Gasteiger charge is -2.21. The lowest BCUT2D eigenvalue weighted by atomic mass is 9.86. The summed E-state index contributed by atoms with van der Waals surface area (Å²) in [5, 5.41) is 13.9. The minimum atomic E-state index is -0.909. The van der Waals surface area contributed by atoms with Crippen LogP contribution in [-0.4, -0.2) is 27.2 Å². The van der Waals surface area contributed by atoms with Gasteiger partial charge in [-0.05, 0) is 73.1 Å². The van der Waals surface area contributed by atoms with Gasteiger partial charge in [-0.15, -0.1) is 0 Å². The monoisotopic (exact) mass is 523 g/mol. The Balaban J connectivity index is 1.49. The number of rotatable bonds is 11. The molecule has 5 heteroatoms. The average molecular weight is 524 g/mol. The second-order valence-electron chi connectivity index (χ2n) is 11.0. The number of carboxylic acid groups (broad SMARTS) is 1. The van der Waals surface area contributed by atoms with Gasteiger partial charge < -0.3 is 10.4 Å². The van der Waals surface area contributed by atoms with Gasteiger partial charge in [-0.25, -0.2) is 9.78 Å². The zero-order valence-electron chi connectivity index (χ0n) is 23.4. The van der Waals surface area contributed by atoms with Gasteiger partial charge in [0.25, 0.3) is 0 Å². The Labute approximate surface area is 232 Å². The van der Waals surface area contributed by atoms with Crippen LogP contribution >= 0.6 is 0 Å². The van der Waals surface area contributed by atoms with Crippen LogP contribution in [0.5, 0.6) is 0 Å². The van der Waals surface area contributed by atoms with E-state index in [1.807, 2.05) is 43.3 Å². The fourth-order valence-electron chi connectivity index (χ4n) is 6.18. The summed E-state index contributed by atoms with van der Waals surface area (Å²) >= 11 is 0. The number of aromatic nitrogens is 2. The molecule has 5 nitrogen and oxygen atoms in total. The highest BCUT2D eigenvalue weighted by atomic mass is 16.4. The van der Waals surface area contributed by atoms with Crippen LogP contribution in [0.2, 0.25) is 0 Å². The molecular weight excluding hydrogens is 482 g/mol. The lowest BCUT2D eigenvalue weighted by molar-refractivity contribution is 0.0697. The number of hydrogen-bond donors (Lipinski definition) is 2. The van der Waals surface area contributed by atoms with Crippen molar-refractivity contribution < 1.29 is 9.90 Å². The number of anilines is 1. The van der Waals surface area contributed by atoms with E-state index in [9.17, 15) is 9.90 Å². The van der Waals surface area contributed by atoms with E-state index >= 15 is 0 Å². The maximum Gasteiger partial charge on any atom is 0.336 e. The number of aromatic carboxylic acids is 1. The van der Waals surface area contributed by atoms with E-state index in [2.05, 4.69) is 41.1 Å². The minimum absolute atomic E-state index is 0.346. The molecule has 1 aliphatic rings. The van der Waals surface area contributed by atoms with Gasteiger partial charge in [0.15, 0.2) is 0 Å². The molecule has 5 rings (SSSR count). The van der Waals surface area contributed by atoms with E-state index in [-0.39, 0.29) is 0 Å². The topological polar surface area (TPSA) is 67.2 Å². The van der Waals surface area contributed by atoms with Crippen molar-refractivity contribution in [2.75, 3.05) is 11.9 Å². The first kappa shape index (κ1) is 27.0. The van der Waals surface area contributed by atoms with Crippen molar-refractivity contribution in [3.05, 3.63) is 77.6 Å². The molecule has 204 valence electrons. The molecule has 4 aromatic rings. The fourth-order valence-corrected chi connectivity index (χ4v) is 6.18. The molecule has 2 N–H and O–H groups in total. The third-order valence-electron chi connectivity index (χ3n) is 8.30. The van der Waals surface area contributed by atoms with Crippen LogP contribution in [0.1, 0.15) is 86.5 Å². The van der Waals surface area contributed by atoms with Crippen molar-refractivity contribution in [3.8, 4) is 16.8 Å². The Hall–Kier alpha value is -3.60. The molecule has 0 atom stereocenters. The summed E-state index contributed by atoms with van der Waals surface area (Å²) in [5.74, 6) is 0.970. The van der Waals surface area contributed by atoms with Gasteiger partial charge >= 0.3 is 5.97 Å². The predicted molar refractivity (Wildman–Crippen MR) is 161 cm³/mol. The van der Waals surface area contributed by atoms with Gasteiger partial charge in [0.05, 0.1) is 22.3 Å². The Morgan fingerprint density at radius 3 is 2.56 bits per heavy atom. The lowest BCUT2D eigenvalue weighted by Crippen LogP contribution is -2.10. The van der Waals surface area contributed by atoms with E-state index in [1.165, 1.54) is 44.9 Å². The summed E-state index contributed by atoms with van der Waals surface area (Å²) in [4.78, 5) is 17.5. The summed E-state index contributed by atoms with van der Waals surface area (Å²) in [7, 11) is 0. The van der Waals surface area contributed by atoms with E-state index in [0.29, 0.717) is 5.56 Å². The maximum atomic E-state index is 12.5. The summed E-state index contributed by atoms with van der Waals surface area (Å²) in [6.45, 7) is 5.07. The third-order valence-corrected chi connectivity index (χ3v) is 8.30. The number of imidazole rings is 1. The van der Waals surface area contributed by atoms with Gasteiger partial charge in [-0.2, -0.15) is 0 Å². The molecule has 1 aliphatic carbocycles. The van der Waals surface area contributed by atoms with Crippen molar-refractivity contribution in [2.45, 2.75) is 78.1 Å². The molecular formula is C34H41N3O2. The first-order chi connectivity index (χ1) is 19.1. The van der Waals surface area contributed by atoms with Crippen molar-refractivity contribution in [3.63, 3.8) is 0 Å². The highest BCUT2D eigenvalue weighted by Gasteiger charge is 2.21. The second-order valence-corrected chi connectivity index (χ2v) is 11.0. The number of nitrogens with zero attached hydrogens (tertiary/aromatic N) is 2. The van der Waals surface area contributed by atoms with Crippen LogP contribution in [-0.2, 0) is 6.42 Å². The molecule has 0 spiro atoms. The molecule has 39 heavy (non-hydrogen) atoms. The molecule has 3 aromatic carbocycles. The summed E-state index contributed by atoms with van der Waals surface area (Å²) < 4.78 is 2.19. The molecule has 0 radical (unpaired) electrons. The van der Waals surface area contributed by atoms with Gasteiger partial charge in [-0.1, -0.05) is 81.8 Å². The zero-order chi connectivity index (χ0) is 27.2.